The van der Waals surface area contributed by atoms with Crippen LogP contribution in [0.1, 0.15) is 52.0 Å². The average Bonchev–Trinajstić information content (AvgIpc) is 3.72. The number of hydrogen-bond donors (Lipinski definition) is 3. The Morgan fingerprint density at radius 3 is 2.25 bits per heavy atom. The van der Waals surface area contributed by atoms with Crippen LogP contribution >= 0.6 is 0 Å². The van der Waals surface area contributed by atoms with Crippen LogP contribution in [-0.4, -0.2) is 106 Å². The largest absolute Gasteiger partial charge is 0.435 e. The number of rotatable bonds is 11. The predicted octanol–water partition coefficient (Wildman–Crippen LogP) is 3.13. The van der Waals surface area contributed by atoms with Gasteiger partial charge in [0, 0.05) is 70.1 Å². The van der Waals surface area contributed by atoms with E-state index < -0.39 is 17.8 Å². The first-order valence-electron chi connectivity index (χ1n) is 16.8. The third kappa shape index (κ3) is 8.22. The van der Waals surface area contributed by atoms with E-state index in [-0.39, 0.29) is 40.6 Å². The molecule has 5 rings (SSSR count). The molecule has 0 spiro atoms. The number of pyridine rings is 1. The highest BCUT2D eigenvalue weighted by Gasteiger charge is 2.39. The number of imidazole rings is 1. The van der Waals surface area contributed by atoms with E-state index in [9.17, 15) is 27.6 Å². The molecule has 1 saturated heterocycles. The van der Waals surface area contributed by atoms with Crippen molar-refractivity contribution in [2.24, 2.45) is 13.0 Å². The van der Waals surface area contributed by atoms with Gasteiger partial charge < -0.3 is 29.9 Å². The second-order valence-electron chi connectivity index (χ2n) is 13.0. The Morgan fingerprint density at radius 2 is 1.67 bits per heavy atom. The third-order valence-corrected chi connectivity index (χ3v) is 9.15. The quantitative estimate of drug-likeness (QED) is 0.218. The van der Waals surface area contributed by atoms with Gasteiger partial charge in [0.25, 0.3) is 11.8 Å². The molecule has 3 N–H and O–H groups in total. The Labute approximate surface area is 294 Å². The van der Waals surface area contributed by atoms with Gasteiger partial charge in [-0.2, -0.15) is 18.3 Å². The van der Waals surface area contributed by atoms with Gasteiger partial charge in [0.05, 0.1) is 50.0 Å². The first kappa shape index (κ1) is 37.0. The van der Waals surface area contributed by atoms with Crippen molar-refractivity contribution in [3.63, 3.8) is 0 Å². The highest BCUT2D eigenvalue weighted by molar-refractivity contribution is 6.03. The number of nitrogens with zero attached hydrogens (tertiary/aromatic N) is 7. The third-order valence-electron chi connectivity index (χ3n) is 9.15. The molecule has 3 aromatic heterocycles. The molecule has 0 saturated carbocycles. The summed E-state index contributed by atoms with van der Waals surface area (Å²) in [6, 6.07) is 8.08. The van der Waals surface area contributed by atoms with Crippen LogP contribution in [0, 0.1) is 12.8 Å². The van der Waals surface area contributed by atoms with E-state index in [1.54, 1.807) is 43.1 Å². The molecule has 1 unspecified atom stereocenters. The lowest BCUT2D eigenvalue weighted by atomic mass is 9.99. The predicted molar refractivity (Wildman–Crippen MR) is 186 cm³/mol. The molecular formula is C35H44F3N10O3+. The first-order chi connectivity index (χ1) is 24.2. The maximum Gasteiger partial charge on any atom is 0.435 e. The summed E-state index contributed by atoms with van der Waals surface area (Å²) in [6.45, 7) is 6.51. The summed E-state index contributed by atoms with van der Waals surface area (Å²) < 4.78 is 44.6. The molecule has 3 amide bonds. The summed E-state index contributed by atoms with van der Waals surface area (Å²) in [7, 11) is 7.29. The minimum atomic E-state index is -4.79. The summed E-state index contributed by atoms with van der Waals surface area (Å²) in [4.78, 5) is 53.0. The number of nitrogens with one attached hydrogen (secondary N) is 3. The SMILES string of the molecule is CCC(CC[NH+](C)C)C(=O)N1CCN(C(=O)c2ccc(NC(=O)c3ncc(-c4cn(-c5ccc(NC)cn5)nc4C(F)(F)F)n3C)cc2C)CC1. The number of benzene rings is 1. The van der Waals surface area contributed by atoms with Gasteiger partial charge >= 0.3 is 6.18 Å². The van der Waals surface area contributed by atoms with Crippen molar-refractivity contribution in [2.75, 3.05) is 64.5 Å². The number of piperazine rings is 1. The van der Waals surface area contributed by atoms with Gasteiger partial charge in [-0.05, 0) is 49.2 Å². The van der Waals surface area contributed by atoms with Crippen LogP contribution in [0.2, 0.25) is 0 Å². The number of carbonyl (C=O) groups is 3. The van der Waals surface area contributed by atoms with Crippen molar-refractivity contribution in [1.29, 1.82) is 0 Å². The minimum absolute atomic E-state index is 0.0228. The Hall–Kier alpha value is -5.25. The molecule has 0 bridgehead atoms. The Morgan fingerprint density at radius 1 is 0.980 bits per heavy atom. The number of quaternary nitrogens is 1. The molecule has 1 aromatic carbocycles. The number of aromatic nitrogens is 5. The maximum atomic E-state index is 14.1. The van der Waals surface area contributed by atoms with E-state index in [1.165, 1.54) is 41.2 Å². The number of carbonyl (C=O) groups excluding carboxylic acids is 3. The zero-order valence-electron chi connectivity index (χ0n) is 29.6. The van der Waals surface area contributed by atoms with Crippen LogP contribution in [0.4, 0.5) is 24.5 Å². The van der Waals surface area contributed by atoms with Gasteiger partial charge in [-0.15, -0.1) is 0 Å². The number of hydrogen-bond acceptors (Lipinski definition) is 7. The number of aryl methyl sites for hydroxylation is 1. The second-order valence-corrected chi connectivity index (χ2v) is 13.0. The average molecular weight is 710 g/mol. The van der Waals surface area contributed by atoms with Gasteiger partial charge in [0.15, 0.2) is 17.3 Å². The molecule has 272 valence electrons. The fourth-order valence-corrected chi connectivity index (χ4v) is 6.12. The molecule has 13 nitrogen and oxygen atoms in total. The number of alkyl halides is 3. The van der Waals surface area contributed by atoms with Gasteiger partial charge in [-0.25, -0.2) is 14.6 Å². The smallest absolute Gasteiger partial charge is 0.387 e. The van der Waals surface area contributed by atoms with E-state index in [1.807, 2.05) is 11.8 Å². The number of amides is 3. The molecule has 16 heteroatoms. The molecule has 1 aliphatic rings. The Bertz CT molecular complexity index is 1880. The maximum absolute atomic E-state index is 14.1. The molecule has 0 radical (unpaired) electrons. The van der Waals surface area contributed by atoms with Crippen molar-refractivity contribution in [1.82, 2.24) is 34.1 Å². The molecular weight excluding hydrogens is 665 g/mol. The van der Waals surface area contributed by atoms with Crippen molar-refractivity contribution in [3.05, 3.63) is 71.6 Å². The highest BCUT2D eigenvalue weighted by Crippen LogP contribution is 2.37. The molecule has 1 aliphatic heterocycles. The fraction of sp³-hybridized carbons (Fsp3) is 0.429. The van der Waals surface area contributed by atoms with Crippen molar-refractivity contribution < 1.29 is 32.5 Å². The van der Waals surface area contributed by atoms with Crippen LogP contribution in [0.15, 0.2) is 48.9 Å². The van der Waals surface area contributed by atoms with Crippen molar-refractivity contribution >= 4 is 29.1 Å². The lowest BCUT2D eigenvalue weighted by molar-refractivity contribution is -0.858. The van der Waals surface area contributed by atoms with Crippen molar-refractivity contribution in [3.8, 4) is 17.1 Å². The van der Waals surface area contributed by atoms with Crippen LogP contribution in [0.5, 0.6) is 0 Å². The van der Waals surface area contributed by atoms with E-state index in [0.29, 0.717) is 48.7 Å². The minimum Gasteiger partial charge on any atom is -0.387 e. The lowest BCUT2D eigenvalue weighted by Gasteiger charge is -2.36. The van der Waals surface area contributed by atoms with E-state index >= 15 is 0 Å². The van der Waals surface area contributed by atoms with Gasteiger partial charge in [0.1, 0.15) is 0 Å². The molecule has 1 atom stereocenters. The Balaban J connectivity index is 1.26. The zero-order chi connectivity index (χ0) is 37.0. The molecule has 4 aromatic rings. The number of anilines is 2. The molecule has 0 aliphatic carbocycles. The van der Waals surface area contributed by atoms with E-state index in [2.05, 4.69) is 39.8 Å². The molecule has 51 heavy (non-hydrogen) atoms. The van der Waals surface area contributed by atoms with Crippen LogP contribution in [-0.2, 0) is 18.0 Å². The second kappa shape index (κ2) is 15.3. The lowest BCUT2D eigenvalue weighted by Crippen LogP contribution is -3.05. The zero-order valence-corrected chi connectivity index (χ0v) is 29.6. The van der Waals surface area contributed by atoms with E-state index in [4.69, 9.17) is 0 Å². The summed E-state index contributed by atoms with van der Waals surface area (Å²) in [5.74, 6) is -0.635. The van der Waals surface area contributed by atoms with Crippen LogP contribution < -0.4 is 15.5 Å². The van der Waals surface area contributed by atoms with Gasteiger partial charge in [-0.3, -0.25) is 14.4 Å². The van der Waals surface area contributed by atoms with E-state index in [0.717, 1.165) is 24.1 Å². The standard InChI is InChI=1S/C35H43F3N10O3/c1-7-23(12-13-44(4)5)33(50)46-14-16-47(17-15-46)34(51)26-10-8-24(18-22(26)2)42-32(49)31-41-20-28(45(31)6)27-21-48(43-30(27)35(36,37)38)29-11-9-25(39-3)19-40-29/h8-11,18-21,23,39H,7,12-17H2,1-6H3,(H,42,49)/p+1. The summed E-state index contributed by atoms with van der Waals surface area (Å²) >= 11 is 0. The van der Waals surface area contributed by atoms with Gasteiger partial charge in [0.2, 0.25) is 5.91 Å². The summed E-state index contributed by atoms with van der Waals surface area (Å²) in [5.41, 5.74) is 0.790. The Kier molecular flexibility index (Phi) is 11.1. The monoisotopic (exact) mass is 709 g/mol. The summed E-state index contributed by atoms with van der Waals surface area (Å²) in [6.07, 6.45) is 0.692. The van der Waals surface area contributed by atoms with Crippen LogP contribution in [0.25, 0.3) is 17.1 Å². The highest BCUT2D eigenvalue weighted by atomic mass is 19.4. The number of halogens is 3. The van der Waals surface area contributed by atoms with Crippen LogP contribution in [0.3, 0.4) is 0 Å². The van der Waals surface area contributed by atoms with Crippen molar-refractivity contribution in [2.45, 2.75) is 32.9 Å². The normalized spacial score (nSPS) is 14.2. The molecule has 4 heterocycles. The summed E-state index contributed by atoms with van der Waals surface area (Å²) in [5, 5.41) is 9.40. The fourth-order valence-electron chi connectivity index (χ4n) is 6.12. The molecule has 1 fully saturated rings. The topological polar surface area (TPSA) is 135 Å². The van der Waals surface area contributed by atoms with Gasteiger partial charge in [-0.1, -0.05) is 6.92 Å². The first-order valence-corrected chi connectivity index (χ1v) is 16.8.